The Morgan fingerprint density at radius 3 is 2.70 bits per heavy atom. The Morgan fingerprint density at radius 1 is 1.45 bits per heavy atom. The molecule has 0 unspecified atom stereocenters. The molecule has 20 heavy (non-hydrogen) atoms. The molecule has 0 bridgehead atoms. The fourth-order valence-corrected chi connectivity index (χ4v) is 3.33. The highest BCUT2D eigenvalue weighted by Crippen LogP contribution is 2.34. The van der Waals surface area contributed by atoms with Gasteiger partial charge in [-0.25, -0.2) is 0 Å². The van der Waals surface area contributed by atoms with Crippen LogP contribution < -0.4 is 0 Å². The number of amides is 1. The molecule has 0 spiro atoms. The molecule has 5 nitrogen and oxygen atoms in total. The molecule has 0 saturated carbocycles. The molecule has 1 aromatic rings. The summed E-state index contributed by atoms with van der Waals surface area (Å²) < 4.78 is 0.515. The monoisotopic (exact) mass is 308 g/mol. The van der Waals surface area contributed by atoms with Crippen LogP contribution in [0.3, 0.4) is 0 Å². The maximum Gasteiger partial charge on any atom is 0.270 e. The highest BCUT2D eigenvalue weighted by atomic mass is 32.2. The van der Waals surface area contributed by atoms with Crippen molar-refractivity contribution in [1.29, 1.82) is 0 Å². The van der Waals surface area contributed by atoms with Crippen LogP contribution in [-0.2, 0) is 4.79 Å². The summed E-state index contributed by atoms with van der Waals surface area (Å²) in [4.78, 5) is 24.5. The lowest BCUT2D eigenvalue weighted by atomic mass is 10.2. The van der Waals surface area contributed by atoms with Crippen LogP contribution in [0.2, 0.25) is 0 Å². The van der Waals surface area contributed by atoms with Crippen LogP contribution in [0.25, 0.3) is 6.08 Å². The summed E-state index contributed by atoms with van der Waals surface area (Å²) in [6, 6.07) is 6.15. The second-order valence-corrected chi connectivity index (χ2v) is 6.17. The van der Waals surface area contributed by atoms with E-state index >= 15 is 0 Å². The summed E-state index contributed by atoms with van der Waals surface area (Å²) in [6.45, 7) is 3.78. The molecule has 0 atom stereocenters. The Hall–Kier alpha value is -1.73. The van der Waals surface area contributed by atoms with Gasteiger partial charge in [-0.05, 0) is 25.5 Å². The predicted octanol–water partition coefficient (Wildman–Crippen LogP) is 3.20. The van der Waals surface area contributed by atoms with E-state index in [-0.39, 0.29) is 17.6 Å². The molecule has 2 rings (SSSR count). The average Bonchev–Trinajstić information content (AvgIpc) is 2.64. The van der Waals surface area contributed by atoms with E-state index < -0.39 is 4.92 Å². The number of benzene rings is 1. The van der Waals surface area contributed by atoms with Crippen LogP contribution in [0.1, 0.15) is 19.4 Å². The van der Waals surface area contributed by atoms with Crippen LogP contribution in [0, 0.1) is 10.1 Å². The largest absolute Gasteiger partial charge is 0.290 e. The lowest BCUT2D eigenvalue weighted by Crippen LogP contribution is -2.34. The standard InChI is InChI=1S/C13H12N2O3S2/c1-8(2)14-12(16)11(20-13(14)19)7-9-4-3-5-10(6-9)15(17)18/h3-8H,1-2H3/b11-7+. The van der Waals surface area contributed by atoms with Crippen molar-refractivity contribution in [1.82, 2.24) is 4.90 Å². The molecule has 0 aromatic heterocycles. The Morgan fingerprint density at radius 2 is 2.15 bits per heavy atom. The molecule has 0 aliphatic carbocycles. The molecule has 104 valence electrons. The lowest BCUT2D eigenvalue weighted by molar-refractivity contribution is -0.384. The van der Waals surface area contributed by atoms with E-state index in [1.165, 1.54) is 23.9 Å². The Bertz CT molecular complexity index is 626. The number of thiocarbonyl (C=S) groups is 1. The van der Waals surface area contributed by atoms with Gasteiger partial charge in [0.1, 0.15) is 4.32 Å². The molecule has 1 aliphatic heterocycles. The smallest absolute Gasteiger partial charge is 0.270 e. The zero-order chi connectivity index (χ0) is 14.9. The van der Waals surface area contributed by atoms with Gasteiger partial charge < -0.3 is 0 Å². The van der Waals surface area contributed by atoms with Gasteiger partial charge in [-0.15, -0.1) is 0 Å². The van der Waals surface area contributed by atoms with Crippen molar-refractivity contribution in [3.05, 3.63) is 44.8 Å². The molecule has 0 radical (unpaired) electrons. The molecule has 0 N–H and O–H groups in total. The normalized spacial score (nSPS) is 17.4. The molecule has 7 heteroatoms. The first-order chi connectivity index (χ1) is 9.40. The van der Waals surface area contributed by atoms with Crippen LogP contribution in [0.15, 0.2) is 29.2 Å². The number of thioether (sulfide) groups is 1. The summed E-state index contributed by atoms with van der Waals surface area (Å²) in [5.74, 6) is -0.151. The zero-order valence-electron chi connectivity index (χ0n) is 10.9. The molecule has 1 saturated heterocycles. The lowest BCUT2D eigenvalue weighted by Gasteiger charge is -2.18. The van der Waals surface area contributed by atoms with E-state index in [2.05, 4.69) is 0 Å². The molecule has 1 aromatic carbocycles. The maximum atomic E-state index is 12.2. The quantitative estimate of drug-likeness (QED) is 0.371. The van der Waals surface area contributed by atoms with E-state index in [4.69, 9.17) is 12.2 Å². The number of rotatable bonds is 3. The molecule has 1 amide bonds. The third-order valence-electron chi connectivity index (χ3n) is 2.72. The Balaban J connectivity index is 2.33. The highest BCUT2D eigenvalue weighted by molar-refractivity contribution is 8.26. The van der Waals surface area contributed by atoms with Crippen molar-refractivity contribution < 1.29 is 9.72 Å². The van der Waals surface area contributed by atoms with Crippen LogP contribution in [0.5, 0.6) is 0 Å². The Labute approximate surface area is 125 Å². The minimum atomic E-state index is -0.462. The minimum absolute atomic E-state index is 0.00138. The topological polar surface area (TPSA) is 63.5 Å². The fourth-order valence-electron chi connectivity index (χ4n) is 1.80. The molecule has 1 aliphatic rings. The number of nitro groups is 1. The summed E-state index contributed by atoms with van der Waals surface area (Å²) in [5, 5.41) is 10.7. The fraction of sp³-hybridized carbons (Fsp3) is 0.231. The van der Waals surface area contributed by atoms with Crippen molar-refractivity contribution in [2.75, 3.05) is 0 Å². The van der Waals surface area contributed by atoms with Gasteiger partial charge in [0.2, 0.25) is 0 Å². The first kappa shape index (κ1) is 14.7. The molecule has 1 heterocycles. The summed E-state index contributed by atoms with van der Waals surface area (Å²) in [5.41, 5.74) is 0.613. The summed E-state index contributed by atoms with van der Waals surface area (Å²) >= 11 is 6.39. The number of non-ortho nitro benzene ring substituents is 1. The highest BCUT2D eigenvalue weighted by Gasteiger charge is 2.33. The van der Waals surface area contributed by atoms with Gasteiger partial charge in [0.05, 0.1) is 9.83 Å². The number of carbonyl (C=O) groups is 1. The van der Waals surface area contributed by atoms with Gasteiger partial charge >= 0.3 is 0 Å². The first-order valence-electron chi connectivity index (χ1n) is 5.91. The van der Waals surface area contributed by atoms with E-state index in [1.54, 1.807) is 23.1 Å². The molecule has 1 fully saturated rings. The van der Waals surface area contributed by atoms with Crippen molar-refractivity contribution >= 4 is 46.0 Å². The van der Waals surface area contributed by atoms with Crippen molar-refractivity contribution in [2.45, 2.75) is 19.9 Å². The van der Waals surface area contributed by atoms with Gasteiger partial charge in [0, 0.05) is 18.2 Å². The maximum absolute atomic E-state index is 12.2. The van der Waals surface area contributed by atoms with Crippen molar-refractivity contribution in [3.63, 3.8) is 0 Å². The second kappa shape index (κ2) is 5.72. The molecular weight excluding hydrogens is 296 g/mol. The van der Waals surface area contributed by atoms with Gasteiger partial charge in [0.25, 0.3) is 11.6 Å². The van der Waals surface area contributed by atoms with E-state index in [9.17, 15) is 14.9 Å². The number of nitrogens with zero attached hydrogens (tertiary/aromatic N) is 2. The summed E-state index contributed by atoms with van der Waals surface area (Å²) in [7, 11) is 0. The number of hydrogen-bond donors (Lipinski definition) is 0. The van der Waals surface area contributed by atoms with Gasteiger partial charge in [-0.3, -0.25) is 19.8 Å². The van der Waals surface area contributed by atoms with Crippen LogP contribution >= 0.6 is 24.0 Å². The number of nitro benzene ring substituents is 1. The van der Waals surface area contributed by atoms with E-state index in [1.807, 2.05) is 13.8 Å². The van der Waals surface area contributed by atoms with Crippen LogP contribution in [0.4, 0.5) is 5.69 Å². The van der Waals surface area contributed by atoms with Crippen LogP contribution in [-0.4, -0.2) is 26.1 Å². The van der Waals surface area contributed by atoms with Crippen molar-refractivity contribution in [2.24, 2.45) is 0 Å². The van der Waals surface area contributed by atoms with Gasteiger partial charge in [-0.2, -0.15) is 0 Å². The van der Waals surface area contributed by atoms with Gasteiger partial charge in [-0.1, -0.05) is 36.1 Å². The zero-order valence-corrected chi connectivity index (χ0v) is 12.5. The Kier molecular flexibility index (Phi) is 4.20. The summed E-state index contributed by atoms with van der Waals surface area (Å²) in [6.07, 6.45) is 1.63. The third-order valence-corrected chi connectivity index (χ3v) is 4.05. The number of hydrogen-bond acceptors (Lipinski definition) is 5. The van der Waals surface area contributed by atoms with E-state index in [0.29, 0.717) is 14.8 Å². The minimum Gasteiger partial charge on any atom is -0.290 e. The molecular formula is C13H12N2O3S2. The van der Waals surface area contributed by atoms with Crippen molar-refractivity contribution in [3.8, 4) is 0 Å². The predicted molar refractivity (Wildman–Crippen MR) is 83.2 cm³/mol. The number of carbonyl (C=O) groups excluding carboxylic acids is 1. The second-order valence-electron chi connectivity index (χ2n) is 4.50. The first-order valence-corrected chi connectivity index (χ1v) is 7.14. The van der Waals surface area contributed by atoms with E-state index in [0.717, 1.165) is 0 Å². The third kappa shape index (κ3) is 2.88. The van der Waals surface area contributed by atoms with Gasteiger partial charge in [0.15, 0.2) is 0 Å². The SMILES string of the molecule is CC(C)N1C(=O)/C(=C\c2cccc([N+](=O)[O-])c2)SC1=S. The average molecular weight is 308 g/mol.